The van der Waals surface area contributed by atoms with Gasteiger partial charge in [0.1, 0.15) is 6.61 Å². The monoisotopic (exact) mass is 331 g/mol. The van der Waals surface area contributed by atoms with Crippen LogP contribution in [0.4, 0.5) is 0 Å². The first-order chi connectivity index (χ1) is 11.6. The Kier molecular flexibility index (Phi) is 4.11. The third-order valence-electron chi connectivity index (χ3n) is 6.27. The van der Waals surface area contributed by atoms with Gasteiger partial charge in [-0.2, -0.15) is 0 Å². The van der Waals surface area contributed by atoms with Gasteiger partial charge in [0, 0.05) is 31.5 Å². The molecule has 0 aliphatic carbocycles. The smallest absolute Gasteiger partial charge is 0.338 e. The third kappa shape index (κ3) is 2.75. The molecule has 3 heterocycles. The predicted octanol–water partition coefficient (Wildman–Crippen LogP) is 0.748. The molecule has 130 valence electrons. The first kappa shape index (κ1) is 16.1. The van der Waals surface area contributed by atoms with Crippen molar-refractivity contribution >= 4 is 5.97 Å². The van der Waals surface area contributed by atoms with Crippen LogP contribution in [0.2, 0.25) is 0 Å². The van der Waals surface area contributed by atoms with E-state index in [0.717, 1.165) is 29.8 Å². The molecule has 0 bridgehead atoms. The highest BCUT2D eigenvalue weighted by Gasteiger charge is 2.40. The number of hydrogen-bond donors (Lipinski definition) is 2. The summed E-state index contributed by atoms with van der Waals surface area (Å²) in [5.41, 5.74) is 4.03. The van der Waals surface area contributed by atoms with E-state index in [4.69, 9.17) is 4.74 Å². The minimum atomic E-state index is -0.503. The van der Waals surface area contributed by atoms with Crippen LogP contribution in [0.25, 0.3) is 0 Å². The Morgan fingerprint density at radius 2 is 2.12 bits per heavy atom. The lowest BCUT2D eigenvalue weighted by Crippen LogP contribution is -2.87. The van der Waals surface area contributed by atoms with Crippen LogP contribution in [0.15, 0.2) is 12.1 Å². The molecule has 3 aliphatic rings. The second-order valence-electron chi connectivity index (χ2n) is 7.75. The Bertz CT molecular complexity index is 652. The van der Waals surface area contributed by atoms with Gasteiger partial charge in [0.2, 0.25) is 0 Å². The first-order valence-corrected chi connectivity index (χ1v) is 9.10. The number of β-amino-alcohol motifs (C(OH)–C–C–N with tert-alkyl or cyclic N) is 1. The van der Waals surface area contributed by atoms with Crippen LogP contribution in [0.3, 0.4) is 0 Å². The van der Waals surface area contributed by atoms with Crippen LogP contribution in [0.1, 0.15) is 52.4 Å². The summed E-state index contributed by atoms with van der Waals surface area (Å²) < 4.78 is 5.11. The number of cyclic esters (lactones) is 1. The molecule has 5 nitrogen and oxygen atoms in total. The Balaban J connectivity index is 1.46. The molecule has 2 saturated heterocycles. The minimum Gasteiger partial charge on any atom is -0.457 e. The number of carbonyl (C=O) groups is 1. The Morgan fingerprint density at radius 3 is 2.92 bits per heavy atom. The van der Waals surface area contributed by atoms with Crippen molar-refractivity contribution in [3.63, 3.8) is 0 Å². The Morgan fingerprint density at radius 1 is 1.33 bits per heavy atom. The van der Waals surface area contributed by atoms with Crippen molar-refractivity contribution in [3.05, 3.63) is 34.4 Å². The van der Waals surface area contributed by atoms with Gasteiger partial charge in [-0.25, -0.2) is 4.79 Å². The third-order valence-corrected chi connectivity index (χ3v) is 6.27. The molecule has 0 unspecified atom stereocenters. The number of aliphatic hydroxyl groups excluding tert-OH is 1. The largest absolute Gasteiger partial charge is 0.457 e. The summed E-state index contributed by atoms with van der Waals surface area (Å²) in [4.78, 5) is 14.1. The molecule has 4 rings (SSSR count). The van der Waals surface area contributed by atoms with Gasteiger partial charge >= 0.3 is 5.97 Å². The maximum absolute atomic E-state index is 11.7. The minimum absolute atomic E-state index is 0.246. The number of fused-ring (bicyclic) bond motifs is 1. The number of hydrogen-bond acceptors (Lipinski definition) is 4. The lowest BCUT2D eigenvalue weighted by atomic mass is 9.78. The van der Waals surface area contributed by atoms with E-state index in [0.29, 0.717) is 24.1 Å². The summed E-state index contributed by atoms with van der Waals surface area (Å²) in [7, 11) is 0. The molecule has 1 aromatic rings. The van der Waals surface area contributed by atoms with Crippen molar-refractivity contribution in [2.24, 2.45) is 5.41 Å². The molecule has 1 spiro atoms. The molecule has 3 N–H and O–H groups in total. The highest BCUT2D eigenvalue weighted by Crippen LogP contribution is 2.38. The van der Waals surface area contributed by atoms with Crippen molar-refractivity contribution in [2.75, 3.05) is 32.7 Å². The SMILES string of the molecule is Cc1c([C@@H](O)CN2CCC3(CC[NH2+]CC3)C2)ccc2c1COC2=O. The average molecular weight is 331 g/mol. The van der Waals surface area contributed by atoms with Gasteiger partial charge in [-0.1, -0.05) is 6.07 Å². The number of ether oxygens (including phenoxy) is 1. The molecule has 0 saturated carbocycles. The molecule has 1 aromatic carbocycles. The van der Waals surface area contributed by atoms with Crippen LogP contribution >= 0.6 is 0 Å². The summed E-state index contributed by atoms with van der Waals surface area (Å²) in [5, 5.41) is 13.2. The summed E-state index contributed by atoms with van der Waals surface area (Å²) in [6.45, 7) is 7.69. The van der Waals surface area contributed by atoms with Crippen molar-refractivity contribution in [1.29, 1.82) is 0 Å². The number of piperidine rings is 1. The molecule has 3 aliphatic heterocycles. The van der Waals surface area contributed by atoms with Gasteiger partial charge in [-0.15, -0.1) is 0 Å². The van der Waals surface area contributed by atoms with E-state index < -0.39 is 6.10 Å². The molecule has 0 aromatic heterocycles. The fourth-order valence-electron chi connectivity index (χ4n) is 4.75. The highest BCUT2D eigenvalue weighted by molar-refractivity contribution is 5.93. The number of likely N-dealkylation sites (tertiary alicyclic amines) is 1. The van der Waals surface area contributed by atoms with Crippen molar-refractivity contribution < 1.29 is 20.0 Å². The summed E-state index contributed by atoms with van der Waals surface area (Å²) in [6, 6.07) is 3.70. The highest BCUT2D eigenvalue weighted by atomic mass is 16.5. The number of quaternary nitrogens is 1. The first-order valence-electron chi connectivity index (χ1n) is 9.10. The van der Waals surface area contributed by atoms with Gasteiger partial charge in [-0.3, -0.25) is 4.90 Å². The summed E-state index contributed by atoms with van der Waals surface area (Å²) in [6.07, 6.45) is 3.36. The topological polar surface area (TPSA) is 66.4 Å². The van der Waals surface area contributed by atoms with Crippen LogP contribution in [0, 0.1) is 12.3 Å². The molecule has 5 heteroatoms. The van der Waals surface area contributed by atoms with E-state index in [1.54, 1.807) is 6.07 Å². The van der Waals surface area contributed by atoms with E-state index >= 15 is 0 Å². The molecule has 2 fully saturated rings. The second-order valence-corrected chi connectivity index (χ2v) is 7.75. The normalized spacial score (nSPS) is 24.2. The molecule has 0 amide bonds. The van der Waals surface area contributed by atoms with Gasteiger partial charge in [0.25, 0.3) is 0 Å². The quantitative estimate of drug-likeness (QED) is 0.802. The average Bonchev–Trinajstić information content (AvgIpc) is 3.13. The lowest BCUT2D eigenvalue weighted by molar-refractivity contribution is -0.667. The number of nitrogens with two attached hydrogens (primary N) is 1. The van der Waals surface area contributed by atoms with Gasteiger partial charge in [0.05, 0.1) is 24.8 Å². The number of aliphatic hydroxyl groups is 1. The zero-order valence-electron chi connectivity index (χ0n) is 14.4. The fraction of sp³-hybridized carbons (Fsp3) is 0.632. The van der Waals surface area contributed by atoms with Crippen LogP contribution < -0.4 is 5.32 Å². The zero-order chi connectivity index (χ0) is 16.7. The molecule has 0 radical (unpaired) electrons. The number of esters is 1. The van der Waals surface area contributed by atoms with E-state index in [-0.39, 0.29) is 5.97 Å². The zero-order valence-corrected chi connectivity index (χ0v) is 14.4. The van der Waals surface area contributed by atoms with E-state index in [1.165, 1.54) is 32.4 Å². The predicted molar refractivity (Wildman–Crippen MR) is 89.6 cm³/mol. The second kappa shape index (κ2) is 6.14. The molecular formula is C19H27N2O3+. The van der Waals surface area contributed by atoms with E-state index in [2.05, 4.69) is 10.2 Å². The van der Waals surface area contributed by atoms with Crippen LogP contribution in [0.5, 0.6) is 0 Å². The van der Waals surface area contributed by atoms with Crippen molar-refractivity contribution in [3.8, 4) is 0 Å². The number of benzene rings is 1. The maximum atomic E-state index is 11.7. The molecule has 24 heavy (non-hydrogen) atoms. The van der Waals surface area contributed by atoms with Gasteiger partial charge < -0.3 is 15.2 Å². The maximum Gasteiger partial charge on any atom is 0.338 e. The van der Waals surface area contributed by atoms with Crippen LogP contribution in [-0.2, 0) is 11.3 Å². The Hall–Kier alpha value is -1.43. The molecule has 1 atom stereocenters. The van der Waals surface area contributed by atoms with Crippen LogP contribution in [-0.4, -0.2) is 48.7 Å². The summed E-state index contributed by atoms with van der Waals surface area (Å²) >= 11 is 0. The number of rotatable bonds is 3. The van der Waals surface area contributed by atoms with Crippen molar-refractivity contribution in [2.45, 2.75) is 38.9 Å². The number of nitrogens with zero attached hydrogens (tertiary/aromatic N) is 1. The molecular weight excluding hydrogens is 304 g/mol. The summed E-state index contributed by atoms with van der Waals surface area (Å²) in [5.74, 6) is -0.246. The standard InChI is InChI=1S/C19H26N2O3/c1-13-14(2-3-15-16(13)11-24-18(15)23)17(22)10-21-9-6-19(12-21)4-7-20-8-5-19/h2-3,17,20,22H,4-12H2,1H3/p+1/t17-/m0/s1. The fourth-order valence-corrected chi connectivity index (χ4v) is 4.75. The van der Waals surface area contributed by atoms with Gasteiger partial charge in [0.15, 0.2) is 0 Å². The van der Waals surface area contributed by atoms with E-state index in [9.17, 15) is 9.90 Å². The number of carbonyl (C=O) groups excluding carboxylic acids is 1. The Labute approximate surface area is 143 Å². The lowest BCUT2D eigenvalue weighted by Gasteiger charge is -2.32. The van der Waals surface area contributed by atoms with Crippen molar-refractivity contribution in [1.82, 2.24) is 4.90 Å². The van der Waals surface area contributed by atoms with E-state index in [1.807, 2.05) is 13.0 Å². The van der Waals surface area contributed by atoms with Gasteiger partial charge in [-0.05, 0) is 42.5 Å².